The highest BCUT2D eigenvalue weighted by atomic mass is 32.2. The molecule has 0 N–H and O–H groups in total. The predicted molar refractivity (Wildman–Crippen MR) is 125 cm³/mol. The lowest BCUT2D eigenvalue weighted by Crippen LogP contribution is -2.22. The number of carbonyl (C=O) groups excluding carboxylic acids is 1. The summed E-state index contributed by atoms with van der Waals surface area (Å²) in [6, 6.07) is 17.0. The Kier molecular flexibility index (Phi) is 6.42. The minimum absolute atomic E-state index is 0.189. The van der Waals surface area contributed by atoms with Gasteiger partial charge >= 0.3 is 5.97 Å². The van der Waals surface area contributed by atoms with E-state index >= 15 is 0 Å². The summed E-state index contributed by atoms with van der Waals surface area (Å²) in [4.78, 5) is 14.3. The van der Waals surface area contributed by atoms with E-state index in [1.54, 1.807) is 46.2 Å². The van der Waals surface area contributed by atoms with Crippen LogP contribution in [0.5, 0.6) is 0 Å². The molecule has 2 heterocycles. The van der Waals surface area contributed by atoms with E-state index in [1.807, 2.05) is 0 Å². The number of hydrogen-bond acceptors (Lipinski definition) is 6. The first kappa shape index (κ1) is 19.6. The lowest BCUT2D eigenvalue weighted by molar-refractivity contribution is -0.140. The molecule has 0 atom stereocenters. The van der Waals surface area contributed by atoms with Gasteiger partial charge in [-0.05, 0) is 45.8 Å². The van der Waals surface area contributed by atoms with Gasteiger partial charge in [0.1, 0.15) is 6.10 Å². The van der Waals surface area contributed by atoms with E-state index in [0.29, 0.717) is 11.5 Å². The van der Waals surface area contributed by atoms with Crippen molar-refractivity contribution in [1.82, 2.24) is 0 Å². The molecule has 0 saturated carbocycles. The first-order chi connectivity index (χ1) is 13.7. The number of thiophene rings is 2. The largest absolute Gasteiger partial charge is 0.457 e. The highest BCUT2D eigenvalue weighted by Crippen LogP contribution is 2.35. The Labute approximate surface area is 180 Å². The number of hydrogen-bond donors (Lipinski definition) is 0. The van der Waals surface area contributed by atoms with Gasteiger partial charge in [0.05, 0.1) is 0 Å². The third-order valence-electron chi connectivity index (χ3n) is 4.18. The Hall–Kier alpha value is -1.73. The van der Waals surface area contributed by atoms with Crippen LogP contribution in [0.25, 0.3) is 20.2 Å². The zero-order valence-electron chi connectivity index (χ0n) is 15.0. The van der Waals surface area contributed by atoms with Gasteiger partial charge in [0.15, 0.2) is 0 Å². The van der Waals surface area contributed by atoms with E-state index in [2.05, 4.69) is 65.9 Å². The molecule has 0 radical (unpaired) electrons. The highest BCUT2D eigenvalue weighted by Gasteiger charge is 2.16. The molecule has 0 aliphatic carbocycles. The summed E-state index contributed by atoms with van der Waals surface area (Å²) in [6.45, 7) is 3.53. The van der Waals surface area contributed by atoms with Gasteiger partial charge in [-0.25, -0.2) is 4.79 Å². The summed E-state index contributed by atoms with van der Waals surface area (Å²) < 4.78 is 8.22. The fourth-order valence-corrected chi connectivity index (χ4v) is 7.21. The molecule has 2 aromatic heterocycles. The molecule has 2 aromatic carbocycles. The van der Waals surface area contributed by atoms with Crippen molar-refractivity contribution in [1.29, 1.82) is 0 Å². The fourth-order valence-electron chi connectivity index (χ4n) is 2.85. The molecular weight excluding hydrogens is 425 g/mol. The molecule has 4 rings (SSSR count). The lowest BCUT2D eigenvalue weighted by atomic mass is 10.3. The smallest absolute Gasteiger partial charge is 0.330 e. The molecule has 0 bridgehead atoms. The van der Waals surface area contributed by atoms with Crippen molar-refractivity contribution in [2.24, 2.45) is 0 Å². The van der Waals surface area contributed by atoms with Gasteiger partial charge < -0.3 is 4.74 Å². The van der Waals surface area contributed by atoms with Crippen LogP contribution in [0.15, 0.2) is 81.7 Å². The van der Waals surface area contributed by atoms with Gasteiger partial charge in [-0.1, -0.05) is 30.8 Å². The van der Waals surface area contributed by atoms with Gasteiger partial charge in [0, 0.05) is 36.8 Å². The minimum Gasteiger partial charge on any atom is -0.457 e. The monoisotopic (exact) mass is 442 g/mol. The summed E-state index contributed by atoms with van der Waals surface area (Å²) in [5, 5.41) is 6.74. The van der Waals surface area contributed by atoms with Gasteiger partial charge in [-0.15, -0.1) is 46.2 Å². The lowest BCUT2D eigenvalue weighted by Gasteiger charge is -2.17. The quantitative estimate of drug-likeness (QED) is 0.165. The van der Waals surface area contributed by atoms with E-state index in [4.69, 9.17) is 4.74 Å². The highest BCUT2D eigenvalue weighted by molar-refractivity contribution is 8.00. The Bertz CT molecular complexity index is 1030. The van der Waals surface area contributed by atoms with Crippen molar-refractivity contribution in [2.45, 2.75) is 15.9 Å². The Balaban J connectivity index is 1.47. The Morgan fingerprint density at radius 3 is 1.96 bits per heavy atom. The number of esters is 1. The molecule has 0 unspecified atom stereocenters. The molecule has 0 amide bonds. The number of thioether (sulfide) groups is 2. The minimum atomic E-state index is -0.366. The van der Waals surface area contributed by atoms with Gasteiger partial charge in [0.25, 0.3) is 0 Å². The molecule has 0 saturated heterocycles. The maximum atomic E-state index is 11.8. The molecular formula is C22H18O2S4. The van der Waals surface area contributed by atoms with Crippen molar-refractivity contribution in [3.63, 3.8) is 0 Å². The zero-order valence-corrected chi connectivity index (χ0v) is 18.3. The first-order valence-electron chi connectivity index (χ1n) is 8.75. The zero-order chi connectivity index (χ0) is 19.3. The second kappa shape index (κ2) is 9.18. The predicted octanol–water partition coefficient (Wildman–Crippen LogP) is 7.10. The van der Waals surface area contributed by atoms with Crippen LogP contribution in [0.3, 0.4) is 0 Å². The van der Waals surface area contributed by atoms with E-state index in [9.17, 15) is 4.79 Å². The van der Waals surface area contributed by atoms with Crippen LogP contribution in [0.2, 0.25) is 0 Å². The van der Waals surface area contributed by atoms with E-state index in [1.165, 1.54) is 36.0 Å². The molecule has 0 spiro atoms. The van der Waals surface area contributed by atoms with Crippen LogP contribution in [-0.2, 0) is 9.53 Å². The number of fused-ring (bicyclic) bond motifs is 2. The number of carbonyl (C=O) groups is 1. The van der Waals surface area contributed by atoms with Crippen LogP contribution in [0, 0.1) is 0 Å². The molecule has 0 fully saturated rings. The fraction of sp³-hybridized carbons (Fsp3) is 0.136. The van der Waals surface area contributed by atoms with Crippen LogP contribution in [0.4, 0.5) is 0 Å². The van der Waals surface area contributed by atoms with Gasteiger partial charge in [-0.3, -0.25) is 0 Å². The number of rotatable bonds is 8. The number of benzene rings is 2. The van der Waals surface area contributed by atoms with Crippen LogP contribution in [-0.4, -0.2) is 23.6 Å². The summed E-state index contributed by atoms with van der Waals surface area (Å²) in [6.07, 6.45) is 1.05. The van der Waals surface area contributed by atoms with Crippen molar-refractivity contribution < 1.29 is 9.53 Å². The molecule has 2 nitrogen and oxygen atoms in total. The first-order valence-corrected chi connectivity index (χ1v) is 12.5. The van der Waals surface area contributed by atoms with Gasteiger partial charge in [-0.2, -0.15) is 0 Å². The molecule has 142 valence electrons. The third kappa shape index (κ3) is 4.46. The average molecular weight is 443 g/mol. The maximum Gasteiger partial charge on any atom is 0.330 e. The van der Waals surface area contributed by atoms with E-state index < -0.39 is 0 Å². The Morgan fingerprint density at radius 2 is 1.46 bits per heavy atom. The molecule has 4 aromatic rings. The third-order valence-corrected chi connectivity index (χ3v) is 8.75. The topological polar surface area (TPSA) is 26.3 Å². The van der Waals surface area contributed by atoms with Crippen LogP contribution >= 0.6 is 46.2 Å². The molecule has 0 aliphatic heterocycles. The summed E-state index contributed by atoms with van der Waals surface area (Å²) in [7, 11) is 0. The summed E-state index contributed by atoms with van der Waals surface area (Å²) in [5.41, 5.74) is 0. The molecule has 6 heteroatoms. The Morgan fingerprint density at radius 1 is 0.929 bits per heavy atom. The summed E-state index contributed by atoms with van der Waals surface area (Å²) in [5.74, 6) is 1.06. The van der Waals surface area contributed by atoms with Crippen molar-refractivity contribution in [3.8, 4) is 0 Å². The second-order valence-corrected chi connectivity index (χ2v) is 10.0. The second-order valence-electron chi connectivity index (χ2n) is 6.08. The number of ether oxygens (including phenoxy) is 1. The standard InChI is InChI=1S/C22H18O2S4/c1-2-20(23)24-17(13-27-18-7-3-5-15-9-11-25-21(15)18)14-28-19-8-4-6-16-10-12-26-22(16)19/h2-12,17H,1,13-14H2. The summed E-state index contributed by atoms with van der Waals surface area (Å²) >= 11 is 6.98. The van der Waals surface area contributed by atoms with Crippen LogP contribution < -0.4 is 0 Å². The maximum absolute atomic E-state index is 11.8. The molecule has 28 heavy (non-hydrogen) atoms. The van der Waals surface area contributed by atoms with E-state index in [0.717, 1.165) is 0 Å². The van der Waals surface area contributed by atoms with E-state index in [-0.39, 0.29) is 12.1 Å². The SMILES string of the molecule is C=CC(=O)OC(CSc1cccc2ccsc12)CSc1cccc2ccsc12. The van der Waals surface area contributed by atoms with Crippen molar-refractivity contribution in [3.05, 3.63) is 71.9 Å². The normalized spacial score (nSPS) is 11.3. The van der Waals surface area contributed by atoms with Gasteiger partial charge in [0.2, 0.25) is 0 Å². The van der Waals surface area contributed by atoms with Crippen molar-refractivity contribution >= 4 is 72.3 Å². The van der Waals surface area contributed by atoms with Crippen molar-refractivity contribution in [2.75, 3.05) is 11.5 Å². The average Bonchev–Trinajstić information content (AvgIpc) is 3.39. The molecule has 0 aliphatic rings. The van der Waals surface area contributed by atoms with Crippen LogP contribution in [0.1, 0.15) is 0 Å².